The number of morpholine rings is 1. The minimum Gasteiger partial charge on any atom is -0.481 e. The second kappa shape index (κ2) is 10.1. The second-order valence-electron chi connectivity index (χ2n) is 8.69. The molecule has 2 aromatic rings. The summed E-state index contributed by atoms with van der Waals surface area (Å²) in [6.07, 6.45) is 0. The summed E-state index contributed by atoms with van der Waals surface area (Å²) < 4.78 is 5.41. The summed E-state index contributed by atoms with van der Waals surface area (Å²) in [5.41, 5.74) is 3.31. The maximum atomic E-state index is 13.2. The highest BCUT2D eigenvalue weighted by Gasteiger charge is 2.42. The molecule has 2 heterocycles. The summed E-state index contributed by atoms with van der Waals surface area (Å²) in [5.74, 6) is -2.22. The molecule has 2 aliphatic heterocycles. The number of benzene rings is 2. The van der Waals surface area contributed by atoms with Crippen LogP contribution >= 0.6 is 0 Å². The molecule has 2 fully saturated rings. The van der Waals surface area contributed by atoms with E-state index in [-0.39, 0.29) is 5.91 Å². The first-order chi connectivity index (χ1) is 15.5. The average molecular weight is 438 g/mol. The molecule has 0 radical (unpaired) electrons. The smallest absolute Gasteiger partial charge is 0.308 e. The third-order valence-corrected chi connectivity index (χ3v) is 6.39. The molecule has 0 aromatic heterocycles. The highest BCUT2D eigenvalue weighted by Crippen LogP contribution is 2.27. The van der Waals surface area contributed by atoms with Crippen LogP contribution in [0.3, 0.4) is 0 Å². The number of likely N-dealkylation sites (tertiary alicyclic amines) is 1. The van der Waals surface area contributed by atoms with Gasteiger partial charge in [0.15, 0.2) is 0 Å². The van der Waals surface area contributed by atoms with Crippen molar-refractivity contribution in [2.45, 2.75) is 13.1 Å². The molecule has 4 rings (SSSR count). The molecule has 170 valence electrons. The van der Waals surface area contributed by atoms with Gasteiger partial charge in [-0.1, -0.05) is 42.5 Å². The molecular formula is C25H31N3O4. The van der Waals surface area contributed by atoms with Crippen LogP contribution in [0.5, 0.6) is 0 Å². The first kappa shape index (κ1) is 22.3. The Balaban J connectivity index is 1.37. The molecule has 2 saturated heterocycles. The van der Waals surface area contributed by atoms with Gasteiger partial charge in [0.2, 0.25) is 5.91 Å². The number of ether oxygens (including phenoxy) is 1. The third-order valence-electron chi connectivity index (χ3n) is 6.39. The van der Waals surface area contributed by atoms with Crippen LogP contribution < -0.4 is 4.90 Å². The van der Waals surface area contributed by atoms with Crippen LogP contribution in [0.15, 0.2) is 54.6 Å². The third kappa shape index (κ3) is 5.29. The van der Waals surface area contributed by atoms with Gasteiger partial charge in [-0.25, -0.2) is 0 Å². The van der Waals surface area contributed by atoms with Crippen LogP contribution in [-0.4, -0.2) is 73.2 Å². The van der Waals surface area contributed by atoms with Crippen LogP contribution in [0.25, 0.3) is 0 Å². The van der Waals surface area contributed by atoms with Crippen molar-refractivity contribution in [1.82, 2.24) is 9.80 Å². The Hall–Kier alpha value is -2.90. The molecule has 0 saturated carbocycles. The topological polar surface area (TPSA) is 73.3 Å². The van der Waals surface area contributed by atoms with E-state index in [1.54, 1.807) is 11.9 Å². The lowest BCUT2D eigenvalue weighted by Crippen LogP contribution is -2.38. The molecule has 32 heavy (non-hydrogen) atoms. The van der Waals surface area contributed by atoms with Gasteiger partial charge in [-0.3, -0.25) is 14.5 Å². The van der Waals surface area contributed by atoms with Crippen molar-refractivity contribution >= 4 is 17.6 Å². The highest BCUT2D eigenvalue weighted by molar-refractivity contribution is 5.85. The molecule has 7 heteroatoms. The Bertz CT molecular complexity index is 913. The largest absolute Gasteiger partial charge is 0.481 e. The lowest BCUT2D eigenvalue weighted by molar-refractivity contribution is -0.148. The zero-order valence-electron chi connectivity index (χ0n) is 18.5. The number of carbonyl (C=O) groups is 2. The van der Waals surface area contributed by atoms with Crippen LogP contribution in [-0.2, 0) is 27.4 Å². The standard InChI is InChI=1S/C25H31N3O4/c1-26(15-20-7-9-21(10-8-20)28-11-13-32-14-12-28)24(29)22-17-27(18-23(22)25(30)31)16-19-5-3-2-4-6-19/h2-10,22-23H,11-18H2,1H3,(H,30,31)/t22-,23+/m0/s1. The van der Waals surface area contributed by atoms with Gasteiger partial charge in [0, 0.05) is 52.0 Å². The molecule has 2 aliphatic rings. The second-order valence-corrected chi connectivity index (χ2v) is 8.69. The summed E-state index contributed by atoms with van der Waals surface area (Å²) in [4.78, 5) is 31.1. The molecule has 1 amide bonds. The first-order valence-corrected chi connectivity index (χ1v) is 11.2. The van der Waals surface area contributed by atoms with Gasteiger partial charge in [-0.05, 0) is 23.3 Å². The van der Waals surface area contributed by atoms with Crippen molar-refractivity contribution < 1.29 is 19.4 Å². The van der Waals surface area contributed by atoms with Crippen LogP contribution in [0.2, 0.25) is 0 Å². The maximum absolute atomic E-state index is 13.2. The molecule has 0 aliphatic carbocycles. The van der Waals surface area contributed by atoms with Gasteiger partial charge in [0.25, 0.3) is 0 Å². The van der Waals surface area contributed by atoms with Gasteiger partial charge in [-0.15, -0.1) is 0 Å². The number of carbonyl (C=O) groups excluding carboxylic acids is 1. The number of aliphatic carboxylic acids is 1. The lowest BCUT2D eigenvalue weighted by atomic mass is 9.95. The zero-order chi connectivity index (χ0) is 22.5. The first-order valence-electron chi connectivity index (χ1n) is 11.2. The Kier molecular flexibility index (Phi) is 7.07. The predicted octanol–water partition coefficient (Wildman–Crippen LogP) is 2.31. The van der Waals surface area contributed by atoms with E-state index >= 15 is 0 Å². The van der Waals surface area contributed by atoms with Crippen LogP contribution in [0, 0.1) is 11.8 Å². The van der Waals surface area contributed by atoms with Crippen LogP contribution in [0.1, 0.15) is 11.1 Å². The Labute approximate surface area is 189 Å². The van der Waals surface area contributed by atoms with E-state index in [2.05, 4.69) is 21.9 Å². The maximum Gasteiger partial charge on any atom is 0.308 e. The number of carboxylic acid groups (broad SMARTS) is 1. The van der Waals surface area contributed by atoms with Crippen molar-refractivity contribution in [2.75, 3.05) is 51.3 Å². The van der Waals surface area contributed by atoms with Crippen molar-refractivity contribution in [3.63, 3.8) is 0 Å². The molecule has 2 aromatic carbocycles. The fourth-order valence-electron chi connectivity index (χ4n) is 4.63. The van der Waals surface area contributed by atoms with Crippen molar-refractivity contribution in [3.05, 3.63) is 65.7 Å². The summed E-state index contributed by atoms with van der Waals surface area (Å²) in [6, 6.07) is 18.2. The molecular weight excluding hydrogens is 406 g/mol. The minimum absolute atomic E-state index is 0.106. The van der Waals surface area contributed by atoms with E-state index in [9.17, 15) is 14.7 Å². The molecule has 0 unspecified atom stereocenters. The fourth-order valence-corrected chi connectivity index (χ4v) is 4.63. The Morgan fingerprint density at radius 2 is 1.62 bits per heavy atom. The average Bonchev–Trinajstić information content (AvgIpc) is 3.24. The van der Waals surface area contributed by atoms with Crippen molar-refractivity contribution in [2.24, 2.45) is 11.8 Å². The quantitative estimate of drug-likeness (QED) is 0.717. The SMILES string of the molecule is CN(Cc1ccc(N2CCOCC2)cc1)C(=O)[C@H]1CN(Cc2ccccc2)C[C@H]1C(=O)O. The molecule has 1 N–H and O–H groups in total. The number of hydrogen-bond donors (Lipinski definition) is 1. The predicted molar refractivity (Wildman–Crippen MR) is 122 cm³/mol. The summed E-state index contributed by atoms with van der Waals surface area (Å²) in [6.45, 7) is 5.22. The monoisotopic (exact) mass is 437 g/mol. The van der Waals surface area contributed by atoms with Gasteiger partial charge >= 0.3 is 5.97 Å². The van der Waals surface area contributed by atoms with E-state index in [1.807, 2.05) is 42.5 Å². The van der Waals surface area contributed by atoms with Crippen molar-refractivity contribution in [1.29, 1.82) is 0 Å². The number of anilines is 1. The number of hydrogen-bond acceptors (Lipinski definition) is 5. The van der Waals surface area contributed by atoms with E-state index in [4.69, 9.17) is 4.74 Å². The van der Waals surface area contributed by atoms with Gasteiger partial charge in [0.1, 0.15) is 0 Å². The van der Waals surface area contributed by atoms with E-state index in [1.165, 1.54) is 0 Å². The fraction of sp³-hybridized carbons (Fsp3) is 0.440. The minimum atomic E-state index is -0.901. The number of rotatable bonds is 7. The van der Waals surface area contributed by atoms with E-state index < -0.39 is 17.8 Å². The van der Waals surface area contributed by atoms with Crippen molar-refractivity contribution in [3.8, 4) is 0 Å². The summed E-state index contributed by atoms with van der Waals surface area (Å²) in [5, 5.41) is 9.73. The lowest BCUT2D eigenvalue weighted by Gasteiger charge is -2.29. The highest BCUT2D eigenvalue weighted by atomic mass is 16.5. The Morgan fingerprint density at radius 3 is 2.28 bits per heavy atom. The van der Waals surface area contributed by atoms with E-state index in [0.717, 1.165) is 43.1 Å². The molecule has 0 spiro atoms. The number of carboxylic acids is 1. The zero-order valence-corrected chi connectivity index (χ0v) is 18.5. The normalized spacial score (nSPS) is 21.5. The molecule has 0 bridgehead atoms. The molecule has 2 atom stereocenters. The molecule has 7 nitrogen and oxygen atoms in total. The summed E-state index contributed by atoms with van der Waals surface area (Å²) in [7, 11) is 1.76. The van der Waals surface area contributed by atoms with E-state index in [0.29, 0.717) is 26.2 Å². The summed E-state index contributed by atoms with van der Waals surface area (Å²) >= 11 is 0. The number of nitrogens with zero attached hydrogens (tertiary/aromatic N) is 3. The Morgan fingerprint density at radius 1 is 0.969 bits per heavy atom. The van der Waals surface area contributed by atoms with Gasteiger partial charge < -0.3 is 19.6 Å². The van der Waals surface area contributed by atoms with Crippen LogP contribution in [0.4, 0.5) is 5.69 Å². The van der Waals surface area contributed by atoms with Gasteiger partial charge in [-0.2, -0.15) is 0 Å². The number of amides is 1. The van der Waals surface area contributed by atoms with Gasteiger partial charge in [0.05, 0.1) is 25.0 Å².